The van der Waals surface area contributed by atoms with Crippen LogP contribution in [0.4, 0.5) is 11.4 Å². The number of anilines is 2. The third-order valence-corrected chi connectivity index (χ3v) is 8.34. The van der Waals surface area contributed by atoms with Gasteiger partial charge in [-0.3, -0.25) is 14.4 Å². The average Bonchev–Trinajstić information content (AvgIpc) is 3.31. The number of carbonyl (C=O) groups is 3. The van der Waals surface area contributed by atoms with E-state index in [0.29, 0.717) is 44.4 Å². The summed E-state index contributed by atoms with van der Waals surface area (Å²) >= 11 is 6.09. The standard InChI is InChI=1S/C34H36ClN3O5/c1-20-26(32-27(36-20)15-17-30(43-4)33(32)34(41)22-10-12-23(35)13-11-22)19-31(40)38(25-8-6-5-7-9-25)28-18-24(37-21(2)39)14-16-29(28)42-3/h10-18,25,36H,5-9,19H2,1-4H3,(H,37,39). The van der Waals surface area contributed by atoms with Crippen molar-refractivity contribution in [3.8, 4) is 11.5 Å². The summed E-state index contributed by atoms with van der Waals surface area (Å²) in [7, 11) is 3.11. The number of nitrogens with one attached hydrogen (secondary N) is 2. The molecule has 1 aromatic heterocycles. The Morgan fingerprint density at radius 3 is 2.28 bits per heavy atom. The summed E-state index contributed by atoms with van der Waals surface area (Å²) in [5, 5.41) is 4.02. The van der Waals surface area contributed by atoms with E-state index < -0.39 is 0 Å². The van der Waals surface area contributed by atoms with Gasteiger partial charge in [0.15, 0.2) is 5.78 Å². The number of halogens is 1. The van der Waals surface area contributed by atoms with Gasteiger partial charge in [-0.05, 0) is 79.9 Å². The third-order valence-electron chi connectivity index (χ3n) is 8.09. The highest BCUT2D eigenvalue weighted by Gasteiger charge is 2.31. The van der Waals surface area contributed by atoms with Crippen molar-refractivity contribution in [3.05, 3.63) is 82.0 Å². The highest BCUT2D eigenvalue weighted by Crippen LogP contribution is 2.39. The van der Waals surface area contributed by atoms with Gasteiger partial charge in [-0.1, -0.05) is 30.9 Å². The lowest BCUT2D eigenvalue weighted by molar-refractivity contribution is -0.118. The van der Waals surface area contributed by atoms with E-state index in [0.717, 1.165) is 48.9 Å². The lowest BCUT2D eigenvalue weighted by atomic mass is 9.92. The molecule has 2 amide bonds. The van der Waals surface area contributed by atoms with Crippen molar-refractivity contribution in [1.29, 1.82) is 0 Å². The molecule has 1 aliphatic rings. The van der Waals surface area contributed by atoms with Crippen molar-refractivity contribution in [3.63, 3.8) is 0 Å². The number of rotatable bonds is 9. The van der Waals surface area contributed by atoms with E-state index in [4.69, 9.17) is 21.1 Å². The first-order chi connectivity index (χ1) is 20.7. The highest BCUT2D eigenvalue weighted by atomic mass is 35.5. The van der Waals surface area contributed by atoms with Crippen LogP contribution >= 0.6 is 11.6 Å². The van der Waals surface area contributed by atoms with Crippen molar-refractivity contribution in [2.24, 2.45) is 0 Å². The number of carbonyl (C=O) groups excluding carboxylic acids is 3. The molecule has 0 aliphatic heterocycles. The molecule has 9 heteroatoms. The van der Waals surface area contributed by atoms with E-state index >= 15 is 0 Å². The first-order valence-corrected chi connectivity index (χ1v) is 14.9. The molecule has 1 fully saturated rings. The lowest BCUT2D eigenvalue weighted by Gasteiger charge is -2.35. The number of methoxy groups -OCH3 is 2. The second-order valence-corrected chi connectivity index (χ2v) is 11.4. The van der Waals surface area contributed by atoms with Crippen LogP contribution in [0.5, 0.6) is 11.5 Å². The smallest absolute Gasteiger partial charge is 0.231 e. The van der Waals surface area contributed by atoms with Crippen LogP contribution in [0.2, 0.25) is 5.02 Å². The summed E-state index contributed by atoms with van der Waals surface area (Å²) in [5.41, 5.74) is 4.32. The molecule has 3 aromatic carbocycles. The van der Waals surface area contributed by atoms with Crippen molar-refractivity contribution in [1.82, 2.24) is 4.98 Å². The molecule has 1 heterocycles. The van der Waals surface area contributed by atoms with E-state index in [2.05, 4.69) is 10.3 Å². The summed E-state index contributed by atoms with van der Waals surface area (Å²) in [6.07, 6.45) is 4.93. The third kappa shape index (κ3) is 6.25. The summed E-state index contributed by atoms with van der Waals surface area (Å²) in [6, 6.07) is 15.7. The van der Waals surface area contributed by atoms with Crippen LogP contribution in [0, 0.1) is 6.92 Å². The van der Waals surface area contributed by atoms with E-state index in [1.807, 2.05) is 17.9 Å². The number of H-pyrrole nitrogens is 1. The SMILES string of the molecule is COc1ccc(NC(C)=O)cc1N(C(=O)Cc1c(C)[nH]c2ccc(OC)c(C(=O)c3ccc(Cl)cc3)c12)C1CCCCC1. The molecule has 1 aliphatic carbocycles. The fourth-order valence-corrected chi connectivity index (χ4v) is 6.22. The first kappa shape index (κ1) is 30.2. The molecule has 43 heavy (non-hydrogen) atoms. The van der Waals surface area contributed by atoms with Crippen LogP contribution < -0.4 is 19.7 Å². The van der Waals surface area contributed by atoms with Crippen molar-refractivity contribution >= 4 is 51.5 Å². The average molecular weight is 602 g/mol. The predicted octanol–water partition coefficient (Wildman–Crippen LogP) is 7.24. The number of aromatic nitrogens is 1. The molecule has 0 unspecified atom stereocenters. The van der Waals surface area contributed by atoms with Crippen LogP contribution in [0.1, 0.15) is 66.2 Å². The van der Waals surface area contributed by atoms with Gasteiger partial charge < -0.3 is 24.7 Å². The number of nitrogens with zero attached hydrogens (tertiary/aromatic N) is 1. The molecule has 0 radical (unpaired) electrons. The number of hydrogen-bond acceptors (Lipinski definition) is 5. The van der Waals surface area contributed by atoms with E-state index in [1.54, 1.807) is 55.6 Å². The van der Waals surface area contributed by atoms with E-state index in [-0.39, 0.29) is 30.1 Å². The van der Waals surface area contributed by atoms with E-state index in [1.165, 1.54) is 14.0 Å². The summed E-state index contributed by atoms with van der Waals surface area (Å²) in [4.78, 5) is 45.5. The normalized spacial score (nSPS) is 13.5. The minimum absolute atomic E-state index is 0.0297. The Kier molecular flexibility index (Phi) is 9.06. The molecule has 0 atom stereocenters. The maximum absolute atomic E-state index is 14.5. The molecule has 1 saturated carbocycles. The van der Waals surface area contributed by atoms with Gasteiger partial charge in [0.25, 0.3) is 0 Å². The number of fused-ring (bicyclic) bond motifs is 1. The molecule has 0 bridgehead atoms. The molecule has 224 valence electrons. The quantitative estimate of drug-likeness (QED) is 0.197. The van der Waals surface area contributed by atoms with Gasteiger partial charge in [-0.25, -0.2) is 0 Å². The van der Waals surface area contributed by atoms with Crippen molar-refractivity contribution in [2.75, 3.05) is 24.4 Å². The Morgan fingerprint density at radius 1 is 0.953 bits per heavy atom. The van der Waals surface area contributed by atoms with Gasteiger partial charge in [0, 0.05) is 45.8 Å². The molecule has 0 spiro atoms. The number of benzene rings is 3. The first-order valence-electron chi connectivity index (χ1n) is 14.5. The zero-order valence-electron chi connectivity index (χ0n) is 24.9. The van der Waals surface area contributed by atoms with Gasteiger partial charge in [0.2, 0.25) is 11.8 Å². The van der Waals surface area contributed by atoms with Crippen LogP contribution in [-0.2, 0) is 16.0 Å². The Hall–Kier alpha value is -4.30. The van der Waals surface area contributed by atoms with Gasteiger partial charge >= 0.3 is 0 Å². The van der Waals surface area contributed by atoms with Crippen LogP contribution in [0.3, 0.4) is 0 Å². The van der Waals surface area contributed by atoms with Crippen molar-refractivity contribution < 1.29 is 23.9 Å². The number of ether oxygens (including phenoxy) is 2. The zero-order chi connectivity index (χ0) is 30.7. The van der Waals surface area contributed by atoms with Crippen LogP contribution in [0.15, 0.2) is 54.6 Å². The largest absolute Gasteiger partial charge is 0.496 e. The maximum atomic E-state index is 14.5. The second kappa shape index (κ2) is 12.9. The number of aromatic amines is 1. The van der Waals surface area contributed by atoms with E-state index in [9.17, 15) is 14.4 Å². The minimum atomic E-state index is -0.222. The molecule has 5 rings (SSSR count). The Balaban J connectivity index is 1.62. The fourth-order valence-electron chi connectivity index (χ4n) is 6.10. The molecular weight excluding hydrogens is 566 g/mol. The Morgan fingerprint density at radius 2 is 1.63 bits per heavy atom. The van der Waals surface area contributed by atoms with Gasteiger partial charge in [0.05, 0.1) is 31.9 Å². The Bertz CT molecular complexity index is 1670. The molecule has 8 nitrogen and oxygen atoms in total. The highest BCUT2D eigenvalue weighted by molar-refractivity contribution is 6.30. The summed E-state index contributed by atoms with van der Waals surface area (Å²) < 4.78 is 11.4. The fraction of sp³-hybridized carbons (Fsp3) is 0.324. The summed E-state index contributed by atoms with van der Waals surface area (Å²) in [6.45, 7) is 3.36. The van der Waals surface area contributed by atoms with Crippen LogP contribution in [-0.4, -0.2) is 42.8 Å². The Labute approximate surface area is 256 Å². The molecule has 0 saturated heterocycles. The van der Waals surface area contributed by atoms with Crippen LogP contribution in [0.25, 0.3) is 10.9 Å². The lowest BCUT2D eigenvalue weighted by Crippen LogP contribution is -2.43. The number of hydrogen-bond donors (Lipinski definition) is 2. The number of aryl methyl sites for hydroxylation is 1. The molecule has 2 N–H and O–H groups in total. The van der Waals surface area contributed by atoms with Gasteiger partial charge in [0.1, 0.15) is 11.5 Å². The number of amides is 2. The van der Waals surface area contributed by atoms with Gasteiger partial charge in [-0.15, -0.1) is 0 Å². The number of ketones is 1. The topological polar surface area (TPSA) is 101 Å². The second-order valence-electron chi connectivity index (χ2n) is 10.9. The molecular formula is C34H36ClN3O5. The summed E-state index contributed by atoms with van der Waals surface area (Å²) in [5.74, 6) is 0.424. The maximum Gasteiger partial charge on any atom is 0.231 e. The monoisotopic (exact) mass is 601 g/mol. The molecule has 4 aromatic rings. The van der Waals surface area contributed by atoms with Gasteiger partial charge in [-0.2, -0.15) is 0 Å². The minimum Gasteiger partial charge on any atom is -0.496 e. The predicted molar refractivity (Wildman–Crippen MR) is 170 cm³/mol. The zero-order valence-corrected chi connectivity index (χ0v) is 25.6. The van der Waals surface area contributed by atoms with Crippen molar-refractivity contribution in [2.45, 2.75) is 58.4 Å².